The van der Waals surface area contributed by atoms with E-state index in [1.165, 1.54) is 13.8 Å². The average molecular weight is 349 g/mol. The van der Waals surface area contributed by atoms with Crippen LogP contribution in [0.25, 0.3) is 0 Å². The fourth-order valence-corrected chi connectivity index (χ4v) is 3.32. The number of benzene rings is 1. The molecule has 1 aromatic rings. The van der Waals surface area contributed by atoms with Crippen molar-refractivity contribution in [2.75, 3.05) is 6.61 Å². The Labute approximate surface area is 146 Å². The van der Waals surface area contributed by atoms with E-state index in [-0.39, 0.29) is 24.0 Å². The van der Waals surface area contributed by atoms with Crippen molar-refractivity contribution in [3.05, 3.63) is 35.9 Å². The summed E-state index contributed by atoms with van der Waals surface area (Å²) in [5.41, 5.74) is 0.923. The summed E-state index contributed by atoms with van der Waals surface area (Å²) in [4.78, 5) is 22.9. The van der Waals surface area contributed by atoms with E-state index in [1.807, 2.05) is 37.3 Å². The minimum Gasteiger partial charge on any atom is -0.434 e. The number of esters is 1. The van der Waals surface area contributed by atoms with Crippen LogP contribution in [0.1, 0.15) is 32.6 Å². The molecule has 0 aromatic heterocycles. The molecule has 1 amide bonds. The molecule has 136 valence electrons. The molecule has 1 aromatic carbocycles. The van der Waals surface area contributed by atoms with Crippen LogP contribution < -0.4 is 5.32 Å². The minimum atomic E-state index is -0.863. The van der Waals surface area contributed by atoms with Crippen LogP contribution >= 0.6 is 0 Å². The standard InChI is InChI=1S/C18H23NO6/c1-10-15(19-11(2)20)18(23-12(3)21)24-14-9-22-17(25-16(10)14)13-7-5-4-6-8-13/h4-8,10,14-18H,9H2,1-3H3,(H,19,20). The quantitative estimate of drug-likeness (QED) is 0.834. The predicted octanol–water partition coefficient (Wildman–Crippen LogP) is 1.53. The number of hydrogen-bond acceptors (Lipinski definition) is 6. The van der Waals surface area contributed by atoms with Gasteiger partial charge in [0, 0.05) is 25.3 Å². The number of carbonyl (C=O) groups excluding carboxylic acids is 2. The summed E-state index contributed by atoms with van der Waals surface area (Å²) in [5, 5.41) is 2.81. The maximum atomic E-state index is 11.6. The van der Waals surface area contributed by atoms with E-state index in [0.29, 0.717) is 6.61 Å². The third-order valence-corrected chi connectivity index (χ3v) is 4.47. The van der Waals surface area contributed by atoms with Gasteiger partial charge in [0.2, 0.25) is 12.2 Å². The van der Waals surface area contributed by atoms with Crippen LogP contribution in [-0.2, 0) is 28.5 Å². The van der Waals surface area contributed by atoms with Gasteiger partial charge in [-0.3, -0.25) is 9.59 Å². The third kappa shape index (κ3) is 4.00. The van der Waals surface area contributed by atoms with Crippen molar-refractivity contribution in [1.29, 1.82) is 0 Å². The van der Waals surface area contributed by atoms with Gasteiger partial charge in [-0.25, -0.2) is 0 Å². The Kier molecular flexibility index (Phi) is 5.36. The molecule has 1 N–H and O–H groups in total. The topological polar surface area (TPSA) is 83.1 Å². The highest BCUT2D eigenvalue weighted by Gasteiger charge is 2.49. The summed E-state index contributed by atoms with van der Waals surface area (Å²) in [6, 6.07) is 9.16. The van der Waals surface area contributed by atoms with E-state index in [9.17, 15) is 9.59 Å². The van der Waals surface area contributed by atoms with Crippen molar-refractivity contribution >= 4 is 11.9 Å². The Morgan fingerprint density at radius 1 is 1.16 bits per heavy atom. The monoisotopic (exact) mass is 349 g/mol. The van der Waals surface area contributed by atoms with Gasteiger partial charge in [-0.05, 0) is 0 Å². The number of nitrogens with one attached hydrogen (secondary N) is 1. The Balaban J connectivity index is 1.77. The fourth-order valence-electron chi connectivity index (χ4n) is 3.32. The highest BCUT2D eigenvalue weighted by atomic mass is 16.7. The third-order valence-electron chi connectivity index (χ3n) is 4.47. The molecule has 2 aliphatic rings. The highest BCUT2D eigenvalue weighted by molar-refractivity contribution is 5.73. The summed E-state index contributed by atoms with van der Waals surface area (Å²) >= 11 is 0. The number of carbonyl (C=O) groups is 2. The zero-order valence-corrected chi connectivity index (χ0v) is 14.5. The van der Waals surface area contributed by atoms with Crippen molar-refractivity contribution in [3.8, 4) is 0 Å². The first-order valence-corrected chi connectivity index (χ1v) is 8.37. The first-order chi connectivity index (χ1) is 12.0. The lowest BCUT2D eigenvalue weighted by Crippen LogP contribution is -2.63. The van der Waals surface area contributed by atoms with Crippen LogP contribution in [0, 0.1) is 5.92 Å². The van der Waals surface area contributed by atoms with Crippen molar-refractivity contribution in [3.63, 3.8) is 0 Å². The molecule has 2 aliphatic heterocycles. The lowest BCUT2D eigenvalue weighted by molar-refractivity contribution is -0.330. The normalized spacial score (nSPS) is 34.7. The highest BCUT2D eigenvalue weighted by Crippen LogP contribution is 2.37. The molecule has 7 heteroatoms. The summed E-state index contributed by atoms with van der Waals surface area (Å²) in [5.74, 6) is -0.810. The van der Waals surface area contributed by atoms with Gasteiger partial charge in [0.05, 0.1) is 18.8 Å². The van der Waals surface area contributed by atoms with Gasteiger partial charge in [-0.2, -0.15) is 0 Å². The molecule has 0 saturated carbocycles. The molecule has 0 aliphatic carbocycles. The summed E-state index contributed by atoms with van der Waals surface area (Å²) in [7, 11) is 0. The molecular weight excluding hydrogens is 326 g/mol. The van der Waals surface area contributed by atoms with Crippen molar-refractivity contribution in [1.82, 2.24) is 5.32 Å². The van der Waals surface area contributed by atoms with Crippen molar-refractivity contribution in [2.24, 2.45) is 5.92 Å². The van der Waals surface area contributed by atoms with Crippen LogP contribution in [-0.4, -0.2) is 43.0 Å². The fraction of sp³-hybridized carbons (Fsp3) is 0.556. The molecule has 6 atom stereocenters. The van der Waals surface area contributed by atoms with Gasteiger partial charge < -0.3 is 24.3 Å². The smallest absolute Gasteiger partial charge is 0.305 e. The Morgan fingerprint density at radius 3 is 2.52 bits per heavy atom. The zero-order chi connectivity index (χ0) is 18.0. The lowest BCUT2D eigenvalue weighted by atomic mass is 9.88. The molecule has 6 unspecified atom stereocenters. The predicted molar refractivity (Wildman–Crippen MR) is 87.2 cm³/mol. The van der Waals surface area contributed by atoms with Crippen LogP contribution in [0.5, 0.6) is 0 Å². The lowest BCUT2D eigenvalue weighted by Gasteiger charge is -2.48. The Hall–Kier alpha value is -1.96. The number of fused-ring (bicyclic) bond motifs is 1. The van der Waals surface area contributed by atoms with Crippen LogP contribution in [0.15, 0.2) is 30.3 Å². The van der Waals surface area contributed by atoms with Crippen LogP contribution in [0.4, 0.5) is 0 Å². The SMILES string of the molecule is CC(=O)NC1C(OC(C)=O)OC2COC(c3ccccc3)OC2C1C. The number of ether oxygens (including phenoxy) is 4. The minimum absolute atomic E-state index is 0.123. The first-order valence-electron chi connectivity index (χ1n) is 8.37. The molecule has 2 fully saturated rings. The Morgan fingerprint density at radius 2 is 1.88 bits per heavy atom. The second-order valence-corrected chi connectivity index (χ2v) is 6.41. The number of hydrogen-bond donors (Lipinski definition) is 1. The number of amides is 1. The van der Waals surface area contributed by atoms with Crippen molar-refractivity contribution < 1.29 is 28.5 Å². The van der Waals surface area contributed by atoms with E-state index >= 15 is 0 Å². The first kappa shape index (κ1) is 17.8. The molecule has 3 rings (SSSR count). The van der Waals surface area contributed by atoms with Gasteiger partial charge in [0.15, 0.2) is 6.29 Å². The molecule has 0 spiro atoms. The van der Waals surface area contributed by atoms with Gasteiger partial charge in [0.25, 0.3) is 0 Å². The molecule has 0 radical (unpaired) electrons. The second-order valence-electron chi connectivity index (χ2n) is 6.41. The van der Waals surface area contributed by atoms with Gasteiger partial charge in [-0.15, -0.1) is 0 Å². The maximum Gasteiger partial charge on any atom is 0.305 e. The average Bonchev–Trinajstić information content (AvgIpc) is 2.58. The number of rotatable bonds is 3. The van der Waals surface area contributed by atoms with Crippen molar-refractivity contribution in [2.45, 2.75) is 51.6 Å². The van der Waals surface area contributed by atoms with Gasteiger partial charge >= 0.3 is 5.97 Å². The van der Waals surface area contributed by atoms with Gasteiger partial charge in [0.1, 0.15) is 6.10 Å². The van der Waals surface area contributed by atoms with Crippen LogP contribution in [0.3, 0.4) is 0 Å². The molecule has 7 nitrogen and oxygen atoms in total. The molecule has 2 saturated heterocycles. The van der Waals surface area contributed by atoms with E-state index < -0.39 is 24.6 Å². The summed E-state index contributed by atoms with van der Waals surface area (Å²) in [6.45, 7) is 5.00. The van der Waals surface area contributed by atoms with Crippen LogP contribution in [0.2, 0.25) is 0 Å². The van der Waals surface area contributed by atoms with E-state index in [1.54, 1.807) is 0 Å². The summed E-state index contributed by atoms with van der Waals surface area (Å²) in [6.07, 6.45) is -2.01. The summed E-state index contributed by atoms with van der Waals surface area (Å²) < 4.78 is 23.0. The Bertz CT molecular complexity index is 621. The zero-order valence-electron chi connectivity index (χ0n) is 14.5. The molecule has 2 heterocycles. The van der Waals surface area contributed by atoms with Gasteiger partial charge in [-0.1, -0.05) is 37.3 Å². The maximum absolute atomic E-state index is 11.6. The second kappa shape index (κ2) is 7.51. The van der Waals surface area contributed by atoms with E-state index in [2.05, 4.69) is 5.32 Å². The van der Waals surface area contributed by atoms with E-state index in [4.69, 9.17) is 18.9 Å². The molecule has 0 bridgehead atoms. The van der Waals surface area contributed by atoms with E-state index in [0.717, 1.165) is 5.56 Å². The molecule has 25 heavy (non-hydrogen) atoms. The molecular formula is C18H23NO6. The largest absolute Gasteiger partial charge is 0.434 e.